The van der Waals surface area contributed by atoms with Gasteiger partial charge in [-0.25, -0.2) is 4.21 Å². The molecule has 2 aromatic rings. The summed E-state index contributed by atoms with van der Waals surface area (Å²) in [7, 11) is 0. The van der Waals surface area contributed by atoms with E-state index >= 15 is 0 Å². The first-order valence-corrected chi connectivity index (χ1v) is 12.9. The van der Waals surface area contributed by atoms with Crippen molar-refractivity contribution in [2.24, 2.45) is 5.92 Å². The standard InChI is InChI=1S/C26H34N4O4S/c1-4-14-27-25(31)17-28-26(32)20(3)30(35(33)34)18-21-12-15-29(16-13-21)19(2)23-11-7-9-22-8-5-6-10-24(22)23/h1,5-11,19-21H,12-18H2,2-3H3,(H,27,31)(H,28,32)(H,33,34). The summed E-state index contributed by atoms with van der Waals surface area (Å²) in [5, 5.41) is 7.46. The minimum Gasteiger partial charge on any atom is -0.346 e. The molecular weight excluding hydrogens is 464 g/mol. The van der Waals surface area contributed by atoms with Crippen molar-refractivity contribution in [3.05, 3.63) is 48.0 Å². The number of carbonyl (C=O) groups excluding carboxylic acids is 2. The maximum absolute atomic E-state index is 12.5. The largest absolute Gasteiger partial charge is 0.346 e. The number of likely N-dealkylation sites (tertiary alicyclic amines) is 1. The minimum atomic E-state index is -2.31. The molecule has 2 aromatic carbocycles. The van der Waals surface area contributed by atoms with Crippen LogP contribution >= 0.6 is 0 Å². The lowest BCUT2D eigenvalue weighted by Crippen LogP contribution is -2.50. The fraction of sp³-hybridized carbons (Fsp3) is 0.462. The van der Waals surface area contributed by atoms with Crippen LogP contribution in [0.2, 0.25) is 0 Å². The predicted octanol–water partition coefficient (Wildman–Crippen LogP) is 2.31. The number of rotatable bonds is 10. The van der Waals surface area contributed by atoms with Crippen molar-refractivity contribution in [3.8, 4) is 12.3 Å². The highest BCUT2D eigenvalue weighted by Gasteiger charge is 2.31. The molecule has 0 aliphatic carbocycles. The smallest absolute Gasteiger partial charge is 0.240 e. The normalized spacial score (nSPS) is 17.5. The molecule has 0 radical (unpaired) electrons. The molecule has 3 N–H and O–H groups in total. The number of fused-ring (bicyclic) bond motifs is 1. The molecular formula is C26H34N4O4S. The zero-order chi connectivity index (χ0) is 25.4. The molecule has 3 unspecified atom stereocenters. The Hall–Kier alpha value is -2.77. The Morgan fingerprint density at radius 1 is 1.17 bits per heavy atom. The summed E-state index contributed by atoms with van der Waals surface area (Å²) in [4.78, 5) is 26.6. The van der Waals surface area contributed by atoms with Gasteiger partial charge in [0.1, 0.15) is 6.04 Å². The molecule has 1 aliphatic heterocycles. The second kappa shape index (κ2) is 12.8. The molecule has 9 heteroatoms. The van der Waals surface area contributed by atoms with Crippen LogP contribution in [0.5, 0.6) is 0 Å². The van der Waals surface area contributed by atoms with Gasteiger partial charge in [-0.3, -0.25) is 19.0 Å². The number of amides is 2. The van der Waals surface area contributed by atoms with Gasteiger partial charge in [0.15, 0.2) is 0 Å². The molecule has 1 saturated heterocycles. The number of terminal acetylenes is 1. The topological polar surface area (TPSA) is 102 Å². The van der Waals surface area contributed by atoms with Crippen molar-refractivity contribution in [3.63, 3.8) is 0 Å². The Morgan fingerprint density at radius 3 is 2.54 bits per heavy atom. The fourth-order valence-electron chi connectivity index (χ4n) is 4.60. The number of hydrogen-bond acceptors (Lipinski definition) is 4. The Balaban J connectivity index is 1.55. The van der Waals surface area contributed by atoms with Crippen molar-refractivity contribution in [1.29, 1.82) is 0 Å². The van der Waals surface area contributed by atoms with Crippen LogP contribution in [0.15, 0.2) is 42.5 Å². The van der Waals surface area contributed by atoms with Crippen LogP contribution in [0, 0.1) is 18.3 Å². The first-order valence-electron chi connectivity index (χ1n) is 11.9. The monoisotopic (exact) mass is 498 g/mol. The molecule has 1 aliphatic rings. The van der Waals surface area contributed by atoms with Crippen LogP contribution in [-0.4, -0.2) is 68.5 Å². The maximum atomic E-state index is 12.5. The van der Waals surface area contributed by atoms with Crippen molar-refractivity contribution >= 4 is 33.9 Å². The van der Waals surface area contributed by atoms with Crippen LogP contribution in [0.4, 0.5) is 0 Å². The highest BCUT2D eigenvalue weighted by molar-refractivity contribution is 7.76. The van der Waals surface area contributed by atoms with E-state index in [1.807, 2.05) is 0 Å². The highest BCUT2D eigenvalue weighted by atomic mass is 32.2. The third kappa shape index (κ3) is 7.12. The van der Waals surface area contributed by atoms with E-state index in [4.69, 9.17) is 6.42 Å². The average molecular weight is 499 g/mol. The first kappa shape index (κ1) is 26.8. The van der Waals surface area contributed by atoms with Gasteiger partial charge in [0.2, 0.25) is 23.1 Å². The lowest BCUT2D eigenvalue weighted by molar-refractivity contribution is -0.128. The molecule has 3 rings (SSSR count). The van der Waals surface area contributed by atoms with Crippen molar-refractivity contribution in [1.82, 2.24) is 19.8 Å². The van der Waals surface area contributed by atoms with Crippen molar-refractivity contribution < 1.29 is 18.4 Å². The lowest BCUT2D eigenvalue weighted by atomic mass is 9.93. The zero-order valence-corrected chi connectivity index (χ0v) is 21.1. The molecule has 35 heavy (non-hydrogen) atoms. The van der Waals surface area contributed by atoms with E-state index in [1.165, 1.54) is 20.6 Å². The molecule has 0 bridgehead atoms. The molecule has 1 fully saturated rings. The predicted molar refractivity (Wildman–Crippen MR) is 138 cm³/mol. The van der Waals surface area contributed by atoms with Crippen LogP contribution in [0.3, 0.4) is 0 Å². The van der Waals surface area contributed by atoms with E-state index in [1.54, 1.807) is 6.92 Å². The molecule has 0 spiro atoms. The van der Waals surface area contributed by atoms with E-state index in [9.17, 15) is 18.4 Å². The Morgan fingerprint density at radius 2 is 1.86 bits per heavy atom. The van der Waals surface area contributed by atoms with Gasteiger partial charge in [-0.2, -0.15) is 4.31 Å². The summed E-state index contributed by atoms with van der Waals surface area (Å²) in [6.45, 7) is 5.71. The number of carbonyl (C=O) groups is 2. The lowest BCUT2D eigenvalue weighted by Gasteiger charge is -2.38. The van der Waals surface area contributed by atoms with Gasteiger partial charge in [-0.15, -0.1) is 6.42 Å². The second-order valence-electron chi connectivity index (χ2n) is 8.93. The first-order chi connectivity index (χ1) is 16.8. The Kier molecular flexibility index (Phi) is 9.81. The molecule has 2 amide bonds. The van der Waals surface area contributed by atoms with Gasteiger partial charge in [-0.05, 0) is 62.0 Å². The SMILES string of the molecule is C#CCNC(=O)CNC(=O)C(C)N(CC1CCN(C(C)c2cccc3ccccc23)CC1)S(=O)O. The van der Waals surface area contributed by atoms with E-state index in [-0.39, 0.29) is 25.0 Å². The van der Waals surface area contributed by atoms with E-state index in [2.05, 4.69) is 70.8 Å². The van der Waals surface area contributed by atoms with Gasteiger partial charge in [-0.1, -0.05) is 48.4 Å². The number of hydrogen-bond donors (Lipinski definition) is 3. The number of benzene rings is 2. The quantitative estimate of drug-likeness (QED) is 0.345. The van der Waals surface area contributed by atoms with Crippen LogP contribution in [-0.2, 0) is 20.9 Å². The maximum Gasteiger partial charge on any atom is 0.240 e. The third-order valence-electron chi connectivity index (χ3n) is 6.73. The molecule has 188 valence electrons. The molecule has 3 atom stereocenters. The number of piperidine rings is 1. The Labute approximate surface area is 209 Å². The highest BCUT2D eigenvalue weighted by Crippen LogP contribution is 2.31. The third-order valence-corrected chi connectivity index (χ3v) is 7.60. The van der Waals surface area contributed by atoms with Gasteiger partial charge in [0, 0.05) is 12.6 Å². The van der Waals surface area contributed by atoms with E-state index in [0.717, 1.165) is 25.9 Å². The van der Waals surface area contributed by atoms with Gasteiger partial charge < -0.3 is 10.6 Å². The van der Waals surface area contributed by atoms with E-state index in [0.29, 0.717) is 6.54 Å². The van der Waals surface area contributed by atoms with Crippen molar-refractivity contribution in [2.75, 3.05) is 32.7 Å². The molecule has 0 saturated carbocycles. The molecule has 8 nitrogen and oxygen atoms in total. The van der Waals surface area contributed by atoms with Crippen molar-refractivity contribution in [2.45, 2.75) is 38.8 Å². The summed E-state index contributed by atoms with van der Waals surface area (Å²) in [6.07, 6.45) is 6.83. The van der Waals surface area contributed by atoms with Crippen LogP contribution in [0.25, 0.3) is 10.8 Å². The summed E-state index contributed by atoms with van der Waals surface area (Å²) >= 11 is -2.31. The second-order valence-corrected chi connectivity index (χ2v) is 9.86. The summed E-state index contributed by atoms with van der Waals surface area (Å²) in [6, 6.07) is 14.2. The van der Waals surface area contributed by atoms with Crippen LogP contribution in [0.1, 0.15) is 38.3 Å². The number of nitrogens with one attached hydrogen (secondary N) is 2. The fourth-order valence-corrected chi connectivity index (χ4v) is 5.31. The average Bonchev–Trinajstić information content (AvgIpc) is 2.88. The summed E-state index contributed by atoms with van der Waals surface area (Å²) in [5.41, 5.74) is 1.30. The van der Waals surface area contributed by atoms with Crippen LogP contribution < -0.4 is 10.6 Å². The summed E-state index contributed by atoms with van der Waals surface area (Å²) < 4.78 is 23.2. The molecule has 0 aromatic heterocycles. The van der Waals surface area contributed by atoms with Gasteiger partial charge >= 0.3 is 0 Å². The van der Waals surface area contributed by atoms with Gasteiger partial charge in [0.05, 0.1) is 13.1 Å². The van der Waals surface area contributed by atoms with E-state index < -0.39 is 29.1 Å². The minimum absolute atomic E-state index is 0.0782. The summed E-state index contributed by atoms with van der Waals surface area (Å²) in [5.74, 6) is 1.59. The zero-order valence-electron chi connectivity index (χ0n) is 20.3. The van der Waals surface area contributed by atoms with Gasteiger partial charge in [0.25, 0.3) is 0 Å². The Bertz CT molecular complexity index is 1090. The number of nitrogens with zero attached hydrogens (tertiary/aromatic N) is 2. The molecule has 1 heterocycles.